The van der Waals surface area contributed by atoms with Crippen molar-refractivity contribution >= 4 is 8.32 Å². The number of hydrogen-bond acceptors (Lipinski definition) is 3. The summed E-state index contributed by atoms with van der Waals surface area (Å²) in [6.07, 6.45) is 3.63. The Bertz CT molecular complexity index is 732. The fraction of sp³-hybridized carbons (Fsp3) is 0.500. The van der Waals surface area contributed by atoms with Crippen molar-refractivity contribution in [2.24, 2.45) is 0 Å². The second kappa shape index (κ2) is 10.2. The third kappa shape index (κ3) is 5.69. The highest BCUT2D eigenvalue weighted by atomic mass is 28.4. The number of nitrogens with zero attached hydrogens (tertiary/aromatic N) is 1. The highest BCUT2D eigenvalue weighted by Crippen LogP contribution is 2.32. The average Bonchev–Trinajstić information content (AvgIpc) is 2.65. The molecule has 0 spiro atoms. The molecule has 2 rings (SSSR count). The zero-order chi connectivity index (χ0) is 20.7. The highest BCUT2D eigenvalue weighted by Gasteiger charge is 2.33. The Morgan fingerprint density at radius 2 is 1.50 bits per heavy atom. The van der Waals surface area contributed by atoms with Crippen LogP contribution in [-0.4, -0.2) is 19.8 Å². The summed E-state index contributed by atoms with van der Waals surface area (Å²) in [5.41, 5.74) is 3.97. The Morgan fingerprint density at radius 3 is 2.00 bits per heavy atom. The van der Waals surface area contributed by atoms with Gasteiger partial charge in [0, 0.05) is 31.5 Å². The molecule has 1 heterocycles. The van der Waals surface area contributed by atoms with Crippen molar-refractivity contribution in [3.05, 3.63) is 64.5 Å². The minimum Gasteiger partial charge on any atom is -0.409 e. The van der Waals surface area contributed by atoms with Crippen LogP contribution in [0.25, 0.3) is 0 Å². The van der Waals surface area contributed by atoms with E-state index in [1.807, 2.05) is 12.4 Å². The molecule has 1 aromatic carbocycles. The van der Waals surface area contributed by atoms with Crippen LogP contribution in [0.1, 0.15) is 49.1 Å². The minimum atomic E-state index is -1.84. The van der Waals surface area contributed by atoms with Gasteiger partial charge in [-0.15, -0.1) is 0 Å². The van der Waals surface area contributed by atoms with Crippen LogP contribution in [0.2, 0.25) is 18.1 Å². The first-order chi connectivity index (χ1) is 13.3. The van der Waals surface area contributed by atoms with Crippen molar-refractivity contribution in [3.63, 3.8) is 0 Å². The summed E-state index contributed by atoms with van der Waals surface area (Å²) in [6.45, 7) is 11.7. The van der Waals surface area contributed by atoms with Gasteiger partial charge < -0.3 is 9.74 Å². The predicted molar refractivity (Wildman–Crippen MR) is 113 cm³/mol. The summed E-state index contributed by atoms with van der Waals surface area (Å²) in [5, 5.41) is 3.35. The molecule has 1 unspecified atom stereocenters. The first-order valence-corrected chi connectivity index (χ1v) is 12.6. The van der Waals surface area contributed by atoms with Crippen molar-refractivity contribution in [2.75, 3.05) is 6.54 Å². The number of hydrogen-bond donors (Lipinski definition) is 1. The molecule has 1 atom stereocenters. The van der Waals surface area contributed by atoms with Crippen molar-refractivity contribution in [1.29, 1.82) is 0 Å². The normalized spacial score (nSPS) is 13.0. The molecule has 28 heavy (non-hydrogen) atoms. The van der Waals surface area contributed by atoms with E-state index in [4.69, 9.17) is 4.43 Å². The van der Waals surface area contributed by atoms with Crippen LogP contribution in [0.15, 0.2) is 30.6 Å². The molecule has 0 fully saturated rings. The maximum atomic E-state index is 13.5. The largest absolute Gasteiger partial charge is 0.409 e. The van der Waals surface area contributed by atoms with Crippen LogP contribution >= 0.6 is 0 Å². The molecule has 0 aliphatic heterocycles. The maximum absolute atomic E-state index is 13.5. The lowest BCUT2D eigenvalue weighted by molar-refractivity contribution is 0.184. The van der Waals surface area contributed by atoms with Gasteiger partial charge in [0.15, 0.2) is 8.32 Å². The lowest BCUT2D eigenvalue weighted by Crippen LogP contribution is -2.40. The van der Waals surface area contributed by atoms with E-state index in [0.29, 0.717) is 18.7 Å². The predicted octanol–water partition coefficient (Wildman–Crippen LogP) is 5.83. The topological polar surface area (TPSA) is 34.1 Å². The van der Waals surface area contributed by atoms with E-state index in [2.05, 4.69) is 44.9 Å². The molecule has 0 bridgehead atoms. The maximum Gasteiger partial charge on any atom is 0.192 e. The van der Waals surface area contributed by atoms with Crippen LogP contribution in [-0.2, 0) is 11.0 Å². The quantitative estimate of drug-likeness (QED) is 0.504. The molecule has 0 radical (unpaired) electrons. The number of nitrogens with one attached hydrogen (secondary N) is 1. The van der Waals surface area contributed by atoms with Crippen LogP contribution in [0, 0.1) is 25.5 Å². The average molecular weight is 407 g/mol. The van der Waals surface area contributed by atoms with E-state index in [-0.39, 0.29) is 6.10 Å². The summed E-state index contributed by atoms with van der Waals surface area (Å²) in [5.74, 6) is -1.11. The summed E-state index contributed by atoms with van der Waals surface area (Å²) in [6, 6.07) is 6.80. The lowest BCUT2D eigenvalue weighted by atomic mass is 10.0. The van der Waals surface area contributed by atoms with Crippen molar-refractivity contribution in [2.45, 2.75) is 65.4 Å². The molecular weight excluding hydrogens is 374 g/mol. The molecule has 0 aliphatic carbocycles. The second-order valence-corrected chi connectivity index (χ2v) is 12.2. The van der Waals surface area contributed by atoms with Gasteiger partial charge in [-0.1, -0.05) is 20.8 Å². The van der Waals surface area contributed by atoms with Gasteiger partial charge in [0.05, 0.1) is 6.10 Å². The molecular formula is C22H32F2N2OSi. The van der Waals surface area contributed by atoms with E-state index in [9.17, 15) is 8.78 Å². The molecule has 6 heteroatoms. The Kier molecular flexibility index (Phi) is 8.28. The molecule has 2 aromatic rings. The Morgan fingerprint density at radius 1 is 0.964 bits per heavy atom. The molecule has 0 saturated carbocycles. The lowest BCUT2D eigenvalue weighted by Gasteiger charge is -2.35. The SMILES string of the molecule is CC[Si](CC)(CC)OC(CNCc1cc(F)cc(F)c1)c1c(C)cncc1C. The first kappa shape index (κ1) is 22.7. The molecule has 0 aliphatic rings. The van der Waals surface area contributed by atoms with Gasteiger partial charge in [-0.05, 0) is 66.4 Å². The van der Waals surface area contributed by atoms with Crippen LogP contribution < -0.4 is 5.32 Å². The number of benzene rings is 1. The van der Waals surface area contributed by atoms with Gasteiger partial charge in [-0.2, -0.15) is 0 Å². The summed E-state index contributed by atoms with van der Waals surface area (Å²) in [7, 11) is -1.84. The van der Waals surface area contributed by atoms with Gasteiger partial charge in [-0.3, -0.25) is 4.98 Å². The van der Waals surface area contributed by atoms with E-state index in [0.717, 1.165) is 35.3 Å². The standard InChI is InChI=1S/C22H32F2N2OSi/c1-6-28(7-2,8-3)27-21(22-16(4)12-25-13-17(22)5)15-26-14-18-9-19(23)11-20(24)10-18/h9-13,21,26H,6-8,14-15H2,1-5H3. The molecule has 0 amide bonds. The highest BCUT2D eigenvalue weighted by molar-refractivity contribution is 6.73. The van der Waals surface area contributed by atoms with Gasteiger partial charge in [0.2, 0.25) is 0 Å². The smallest absolute Gasteiger partial charge is 0.192 e. The Labute approximate surface area is 168 Å². The molecule has 1 N–H and O–H groups in total. The molecule has 1 aromatic heterocycles. The zero-order valence-corrected chi connectivity index (χ0v) is 18.6. The number of halogens is 2. The summed E-state index contributed by atoms with van der Waals surface area (Å²) < 4.78 is 33.7. The van der Waals surface area contributed by atoms with Crippen LogP contribution in [0.4, 0.5) is 8.78 Å². The van der Waals surface area contributed by atoms with E-state index >= 15 is 0 Å². The summed E-state index contributed by atoms with van der Waals surface area (Å²) in [4.78, 5) is 4.28. The van der Waals surface area contributed by atoms with Gasteiger partial charge in [0.1, 0.15) is 11.6 Å². The minimum absolute atomic E-state index is 0.104. The van der Waals surface area contributed by atoms with E-state index in [1.54, 1.807) is 0 Å². The Balaban J connectivity index is 2.23. The van der Waals surface area contributed by atoms with Gasteiger partial charge in [-0.25, -0.2) is 8.78 Å². The second-order valence-electron chi connectivity index (χ2n) is 7.45. The van der Waals surface area contributed by atoms with Crippen molar-refractivity contribution < 1.29 is 13.2 Å². The monoisotopic (exact) mass is 406 g/mol. The third-order valence-electron chi connectivity index (χ3n) is 5.61. The number of pyridine rings is 1. The van der Waals surface area contributed by atoms with E-state index < -0.39 is 20.0 Å². The molecule has 3 nitrogen and oxygen atoms in total. The van der Waals surface area contributed by atoms with Gasteiger partial charge in [0.25, 0.3) is 0 Å². The number of aromatic nitrogens is 1. The third-order valence-corrected chi connectivity index (χ3v) is 10.3. The zero-order valence-electron chi connectivity index (χ0n) is 17.6. The fourth-order valence-electron chi connectivity index (χ4n) is 3.78. The summed E-state index contributed by atoms with van der Waals surface area (Å²) >= 11 is 0. The number of rotatable bonds is 10. The fourth-order valence-corrected chi connectivity index (χ4v) is 6.59. The molecule has 154 valence electrons. The van der Waals surface area contributed by atoms with E-state index in [1.165, 1.54) is 17.7 Å². The van der Waals surface area contributed by atoms with Crippen LogP contribution in [0.5, 0.6) is 0 Å². The number of aryl methyl sites for hydroxylation is 2. The van der Waals surface area contributed by atoms with Gasteiger partial charge >= 0.3 is 0 Å². The van der Waals surface area contributed by atoms with Crippen LogP contribution in [0.3, 0.4) is 0 Å². The molecule has 0 saturated heterocycles. The Hall–Kier alpha value is -1.63. The van der Waals surface area contributed by atoms with Crippen molar-refractivity contribution in [3.8, 4) is 0 Å². The van der Waals surface area contributed by atoms with Crippen molar-refractivity contribution in [1.82, 2.24) is 10.3 Å². The first-order valence-electron chi connectivity index (χ1n) is 10.1.